The number of benzene rings is 1. The molecule has 2 heterocycles. The minimum atomic E-state index is -4.39. The van der Waals surface area contributed by atoms with Crippen molar-refractivity contribution in [2.45, 2.75) is 17.7 Å². The van der Waals surface area contributed by atoms with E-state index in [1.54, 1.807) is 12.1 Å². The van der Waals surface area contributed by atoms with Crippen LogP contribution in [0.3, 0.4) is 0 Å². The lowest BCUT2D eigenvalue weighted by Gasteiger charge is -2.34. The molecule has 162 valence electrons. The molecule has 0 radical (unpaired) electrons. The van der Waals surface area contributed by atoms with E-state index >= 15 is 0 Å². The Hall–Kier alpha value is -1.95. The van der Waals surface area contributed by atoms with Gasteiger partial charge in [0.05, 0.1) is 9.21 Å². The number of sulfonamides is 1. The molecule has 6 nitrogen and oxygen atoms in total. The first-order chi connectivity index (χ1) is 14.1. The van der Waals surface area contributed by atoms with Crippen LogP contribution in [0.2, 0.25) is 4.34 Å². The number of rotatable bonds is 6. The van der Waals surface area contributed by atoms with Gasteiger partial charge < -0.3 is 4.90 Å². The van der Waals surface area contributed by atoms with Crippen molar-refractivity contribution in [1.29, 1.82) is 0 Å². The van der Waals surface area contributed by atoms with Gasteiger partial charge in [0.1, 0.15) is 4.90 Å². The Balaban J connectivity index is 1.58. The highest BCUT2D eigenvalue weighted by Gasteiger charge is 2.33. The monoisotopic (exact) mass is 480 g/mol. The minimum Gasteiger partial charge on any atom is -0.340 e. The normalized spacial score (nSPS) is 15.4. The third-order valence-electron chi connectivity index (χ3n) is 4.62. The van der Waals surface area contributed by atoms with Gasteiger partial charge in [-0.3, -0.25) is 9.59 Å². The number of thiophene rings is 1. The van der Waals surface area contributed by atoms with E-state index < -0.39 is 32.4 Å². The van der Waals surface area contributed by atoms with Gasteiger partial charge in [0.2, 0.25) is 15.9 Å². The number of nitrogens with zero attached hydrogens (tertiary/aromatic N) is 2. The third kappa shape index (κ3) is 4.69. The second-order valence-corrected chi connectivity index (χ2v) is 10.1. The van der Waals surface area contributed by atoms with Crippen LogP contribution in [-0.2, 0) is 14.8 Å². The van der Waals surface area contributed by atoms with Gasteiger partial charge in [-0.1, -0.05) is 11.6 Å². The largest absolute Gasteiger partial charge is 0.340 e. The fraction of sp³-hybridized carbons (Fsp3) is 0.333. The molecule has 30 heavy (non-hydrogen) atoms. The van der Waals surface area contributed by atoms with Crippen molar-refractivity contribution in [3.05, 3.63) is 50.9 Å². The molecule has 1 aliphatic heterocycles. The number of carbonyl (C=O) groups excluding carboxylic acids is 2. The van der Waals surface area contributed by atoms with Crippen molar-refractivity contribution >= 4 is 44.7 Å². The second kappa shape index (κ2) is 9.04. The zero-order valence-corrected chi connectivity index (χ0v) is 17.8. The summed E-state index contributed by atoms with van der Waals surface area (Å²) in [5, 5.41) is 0. The number of carbonyl (C=O) groups is 2. The van der Waals surface area contributed by atoms with Crippen LogP contribution in [0.5, 0.6) is 0 Å². The summed E-state index contributed by atoms with van der Waals surface area (Å²) in [7, 11) is -4.39. The zero-order valence-electron chi connectivity index (χ0n) is 15.4. The Kier molecular flexibility index (Phi) is 6.85. The fourth-order valence-electron chi connectivity index (χ4n) is 2.99. The van der Waals surface area contributed by atoms with Crippen molar-refractivity contribution in [2.24, 2.45) is 0 Å². The average molecular weight is 481 g/mol. The van der Waals surface area contributed by atoms with E-state index in [4.69, 9.17) is 11.6 Å². The van der Waals surface area contributed by atoms with E-state index in [1.807, 2.05) is 0 Å². The first kappa shape index (κ1) is 22.7. The summed E-state index contributed by atoms with van der Waals surface area (Å²) in [6.45, 7) is -0.216. The maximum atomic E-state index is 13.9. The summed E-state index contributed by atoms with van der Waals surface area (Å²) >= 11 is 6.91. The van der Waals surface area contributed by atoms with Gasteiger partial charge in [0.25, 0.3) is 0 Å². The Bertz CT molecular complexity index is 1080. The highest BCUT2D eigenvalue weighted by atomic mass is 35.5. The molecule has 0 saturated carbocycles. The van der Waals surface area contributed by atoms with Crippen LogP contribution >= 0.6 is 22.9 Å². The van der Waals surface area contributed by atoms with E-state index in [9.17, 15) is 31.2 Å². The number of halogens is 4. The van der Waals surface area contributed by atoms with Gasteiger partial charge in [0.15, 0.2) is 23.2 Å². The molecule has 0 N–H and O–H groups in total. The summed E-state index contributed by atoms with van der Waals surface area (Å²) in [6.07, 6.45) is -0.0485. The molecule has 1 aromatic carbocycles. The number of ketones is 1. The van der Waals surface area contributed by atoms with E-state index in [0.29, 0.717) is 21.3 Å². The summed E-state index contributed by atoms with van der Waals surface area (Å²) in [5.41, 5.74) is 0. The van der Waals surface area contributed by atoms with Crippen LogP contribution in [0.15, 0.2) is 29.2 Å². The molecule has 2 aromatic rings. The van der Waals surface area contributed by atoms with Crippen LogP contribution in [0.1, 0.15) is 22.5 Å². The Labute approximate surface area is 179 Å². The molecule has 0 bridgehead atoms. The number of Topliss-reactive ketones (excluding diaryl/α,β-unsaturated/α-hetero) is 1. The predicted molar refractivity (Wildman–Crippen MR) is 105 cm³/mol. The van der Waals surface area contributed by atoms with E-state index in [0.717, 1.165) is 15.6 Å². The van der Waals surface area contributed by atoms with Crippen LogP contribution in [0.4, 0.5) is 13.2 Å². The molecule has 12 heteroatoms. The van der Waals surface area contributed by atoms with Crippen molar-refractivity contribution in [3.8, 4) is 0 Å². The predicted octanol–water partition coefficient (Wildman–Crippen LogP) is 3.31. The first-order valence-corrected chi connectivity index (χ1v) is 11.4. The van der Waals surface area contributed by atoms with Gasteiger partial charge in [-0.25, -0.2) is 21.6 Å². The van der Waals surface area contributed by atoms with Gasteiger partial charge in [0, 0.05) is 39.0 Å². The van der Waals surface area contributed by atoms with Gasteiger partial charge in [-0.2, -0.15) is 4.31 Å². The quantitative estimate of drug-likeness (QED) is 0.469. The highest BCUT2D eigenvalue weighted by Crippen LogP contribution is 2.25. The number of hydrogen-bond donors (Lipinski definition) is 0. The lowest BCUT2D eigenvalue weighted by Crippen LogP contribution is -2.50. The molecule has 1 saturated heterocycles. The Morgan fingerprint density at radius 3 is 2.23 bits per heavy atom. The van der Waals surface area contributed by atoms with Crippen molar-refractivity contribution in [3.63, 3.8) is 0 Å². The molecule has 1 aromatic heterocycles. The van der Waals surface area contributed by atoms with Crippen LogP contribution in [-0.4, -0.2) is 55.5 Å². The maximum absolute atomic E-state index is 13.9. The number of hydrogen-bond acceptors (Lipinski definition) is 5. The second-order valence-electron chi connectivity index (χ2n) is 6.49. The van der Waals surface area contributed by atoms with Gasteiger partial charge in [-0.15, -0.1) is 11.3 Å². The Morgan fingerprint density at radius 2 is 1.63 bits per heavy atom. The standard InChI is InChI=1S/C18H16ClF3N2O4S2/c19-15-5-3-13(29-15)12(25)2-6-16(26)23-7-9-24(10-8-23)30(27,28)14-4-1-11(20)17(21)18(14)22/h1,3-5H,2,6-10H2. The molecule has 1 aliphatic rings. The lowest BCUT2D eigenvalue weighted by atomic mass is 10.1. The third-order valence-corrected chi connectivity index (χ3v) is 7.81. The Morgan fingerprint density at radius 1 is 0.967 bits per heavy atom. The zero-order chi connectivity index (χ0) is 22.1. The first-order valence-electron chi connectivity index (χ1n) is 8.81. The molecular weight excluding hydrogens is 465 g/mol. The molecule has 0 spiro atoms. The molecule has 1 fully saturated rings. The van der Waals surface area contributed by atoms with Crippen molar-refractivity contribution < 1.29 is 31.2 Å². The fourth-order valence-corrected chi connectivity index (χ4v) is 5.48. The number of piperazine rings is 1. The number of amides is 1. The smallest absolute Gasteiger partial charge is 0.246 e. The SMILES string of the molecule is O=C(CCC(=O)N1CCN(S(=O)(=O)c2ccc(F)c(F)c2F)CC1)c1ccc(Cl)s1. The highest BCUT2D eigenvalue weighted by molar-refractivity contribution is 7.89. The topological polar surface area (TPSA) is 74.8 Å². The molecule has 0 atom stereocenters. The van der Waals surface area contributed by atoms with E-state index in [2.05, 4.69) is 0 Å². The van der Waals surface area contributed by atoms with Crippen molar-refractivity contribution in [2.75, 3.05) is 26.2 Å². The van der Waals surface area contributed by atoms with Crippen LogP contribution in [0, 0.1) is 17.5 Å². The molecular formula is C18H16ClF3N2O4S2. The molecule has 1 amide bonds. The van der Waals surface area contributed by atoms with E-state index in [1.165, 1.54) is 4.90 Å². The van der Waals surface area contributed by atoms with E-state index in [-0.39, 0.29) is 50.7 Å². The van der Waals surface area contributed by atoms with Gasteiger partial charge >= 0.3 is 0 Å². The lowest BCUT2D eigenvalue weighted by molar-refractivity contribution is -0.132. The molecule has 3 rings (SSSR count). The minimum absolute atomic E-state index is 0.00570. The summed E-state index contributed by atoms with van der Waals surface area (Å²) in [6, 6.07) is 4.39. The summed E-state index contributed by atoms with van der Waals surface area (Å²) < 4.78 is 66.9. The average Bonchev–Trinajstić information content (AvgIpc) is 3.16. The van der Waals surface area contributed by atoms with Crippen LogP contribution in [0.25, 0.3) is 0 Å². The summed E-state index contributed by atoms with van der Waals surface area (Å²) in [5.74, 6) is -5.65. The maximum Gasteiger partial charge on any atom is 0.246 e. The molecule has 0 aliphatic carbocycles. The van der Waals surface area contributed by atoms with Crippen LogP contribution < -0.4 is 0 Å². The summed E-state index contributed by atoms with van der Waals surface area (Å²) in [4.78, 5) is 25.3. The van der Waals surface area contributed by atoms with Crippen molar-refractivity contribution in [1.82, 2.24) is 9.21 Å². The van der Waals surface area contributed by atoms with Gasteiger partial charge in [-0.05, 0) is 24.3 Å². The molecule has 0 unspecified atom stereocenters.